The fourth-order valence-electron chi connectivity index (χ4n) is 3.71. The van der Waals surface area contributed by atoms with Crippen molar-refractivity contribution in [3.8, 4) is 5.75 Å². The number of nitrogens with zero attached hydrogens (tertiary/aromatic N) is 1. The van der Waals surface area contributed by atoms with Crippen molar-refractivity contribution in [2.24, 2.45) is 0 Å². The second kappa shape index (κ2) is 8.75. The SMILES string of the molecule is COc1cccc(CC(=O)N2CC(c3ccc(Cl)c(Cl)c3)(C(C)OS(C)(=O)=O)C2)c1. The predicted molar refractivity (Wildman–Crippen MR) is 117 cm³/mol. The first kappa shape index (κ1) is 22.9. The van der Waals surface area contributed by atoms with Crippen LogP contribution >= 0.6 is 23.2 Å². The molecule has 0 radical (unpaired) electrons. The Hall–Kier alpha value is -1.80. The number of likely N-dealkylation sites (tertiary alicyclic amines) is 1. The van der Waals surface area contributed by atoms with E-state index < -0.39 is 21.6 Å². The first-order valence-electron chi connectivity index (χ1n) is 9.28. The molecule has 1 aliphatic heterocycles. The Bertz CT molecular complexity index is 1050. The molecule has 2 aromatic carbocycles. The van der Waals surface area contributed by atoms with Gasteiger partial charge in [-0.15, -0.1) is 0 Å². The van der Waals surface area contributed by atoms with E-state index in [-0.39, 0.29) is 12.3 Å². The van der Waals surface area contributed by atoms with Crippen LogP contribution < -0.4 is 4.74 Å². The van der Waals surface area contributed by atoms with Crippen molar-refractivity contribution in [2.45, 2.75) is 24.9 Å². The van der Waals surface area contributed by atoms with Gasteiger partial charge in [-0.2, -0.15) is 8.42 Å². The first-order valence-corrected chi connectivity index (χ1v) is 11.9. The van der Waals surface area contributed by atoms with Crippen molar-refractivity contribution in [3.05, 3.63) is 63.6 Å². The van der Waals surface area contributed by atoms with E-state index in [1.807, 2.05) is 24.3 Å². The zero-order valence-electron chi connectivity index (χ0n) is 16.9. The predicted octanol–water partition coefficient (Wildman–Crippen LogP) is 3.69. The lowest BCUT2D eigenvalue weighted by Gasteiger charge is -2.53. The summed E-state index contributed by atoms with van der Waals surface area (Å²) in [6.45, 7) is 2.31. The molecular formula is C21H23Cl2NO5S. The molecule has 30 heavy (non-hydrogen) atoms. The number of ether oxygens (including phenoxy) is 1. The largest absolute Gasteiger partial charge is 0.497 e. The van der Waals surface area contributed by atoms with Gasteiger partial charge in [0.1, 0.15) is 5.75 Å². The van der Waals surface area contributed by atoms with Gasteiger partial charge in [0.25, 0.3) is 10.1 Å². The molecular weight excluding hydrogens is 449 g/mol. The number of carbonyl (C=O) groups is 1. The topological polar surface area (TPSA) is 72.9 Å². The Kier molecular flexibility index (Phi) is 6.67. The molecule has 1 aliphatic rings. The quantitative estimate of drug-likeness (QED) is 0.575. The monoisotopic (exact) mass is 471 g/mol. The van der Waals surface area contributed by atoms with E-state index in [0.717, 1.165) is 17.4 Å². The van der Waals surface area contributed by atoms with E-state index in [2.05, 4.69) is 0 Å². The zero-order chi connectivity index (χ0) is 22.1. The molecule has 6 nitrogen and oxygen atoms in total. The van der Waals surface area contributed by atoms with E-state index in [4.69, 9.17) is 32.1 Å². The van der Waals surface area contributed by atoms with Crippen LogP contribution in [0.2, 0.25) is 10.0 Å². The van der Waals surface area contributed by atoms with E-state index in [1.54, 1.807) is 37.1 Å². The highest BCUT2D eigenvalue weighted by molar-refractivity contribution is 7.86. The maximum atomic E-state index is 12.8. The molecule has 0 bridgehead atoms. The van der Waals surface area contributed by atoms with E-state index in [1.165, 1.54) is 0 Å². The smallest absolute Gasteiger partial charge is 0.264 e. The normalized spacial score (nSPS) is 16.6. The van der Waals surface area contributed by atoms with Gasteiger partial charge in [0.15, 0.2) is 0 Å². The molecule has 1 fully saturated rings. The standard InChI is InChI=1S/C21H23Cl2NO5S/c1-14(29-30(3,26)27)21(16-7-8-18(22)19(23)11-16)12-24(13-21)20(25)10-15-5-4-6-17(9-15)28-2/h4-9,11,14H,10,12-13H2,1-3H3. The Morgan fingerprint density at radius 1 is 1.17 bits per heavy atom. The number of methoxy groups -OCH3 is 1. The Morgan fingerprint density at radius 3 is 2.47 bits per heavy atom. The lowest BCUT2D eigenvalue weighted by molar-refractivity contribution is -0.141. The van der Waals surface area contributed by atoms with Crippen molar-refractivity contribution < 1.29 is 22.1 Å². The maximum absolute atomic E-state index is 12.8. The molecule has 2 aromatic rings. The molecule has 9 heteroatoms. The number of hydrogen-bond acceptors (Lipinski definition) is 5. The third kappa shape index (κ3) is 4.91. The number of amides is 1. The molecule has 1 amide bonds. The maximum Gasteiger partial charge on any atom is 0.264 e. The van der Waals surface area contributed by atoms with Crippen LogP contribution in [-0.4, -0.2) is 51.8 Å². The molecule has 1 heterocycles. The second-order valence-electron chi connectivity index (χ2n) is 7.51. The van der Waals surface area contributed by atoms with Gasteiger partial charge in [-0.3, -0.25) is 8.98 Å². The summed E-state index contributed by atoms with van der Waals surface area (Å²) in [6.07, 6.45) is 0.539. The minimum Gasteiger partial charge on any atom is -0.497 e. The molecule has 0 aliphatic carbocycles. The number of rotatable bonds is 7. The molecule has 1 atom stereocenters. The fourth-order valence-corrected chi connectivity index (χ4v) is 4.72. The molecule has 0 saturated carbocycles. The van der Waals surface area contributed by atoms with E-state index in [9.17, 15) is 13.2 Å². The van der Waals surface area contributed by atoms with Gasteiger partial charge in [-0.1, -0.05) is 41.4 Å². The van der Waals surface area contributed by atoms with Crippen LogP contribution in [-0.2, 0) is 30.9 Å². The summed E-state index contributed by atoms with van der Waals surface area (Å²) in [5, 5.41) is 0.763. The summed E-state index contributed by atoms with van der Waals surface area (Å²) in [5.41, 5.74) is 0.909. The van der Waals surface area contributed by atoms with Crippen molar-refractivity contribution in [1.82, 2.24) is 4.90 Å². The van der Waals surface area contributed by atoms with Gasteiger partial charge < -0.3 is 9.64 Å². The fraction of sp³-hybridized carbons (Fsp3) is 0.381. The van der Waals surface area contributed by atoms with Crippen LogP contribution in [0.3, 0.4) is 0 Å². The number of benzene rings is 2. The lowest BCUT2D eigenvalue weighted by atomic mass is 9.69. The molecule has 0 spiro atoms. The van der Waals surface area contributed by atoms with Crippen molar-refractivity contribution in [3.63, 3.8) is 0 Å². The highest BCUT2D eigenvalue weighted by atomic mass is 35.5. The summed E-state index contributed by atoms with van der Waals surface area (Å²) in [7, 11) is -2.10. The van der Waals surface area contributed by atoms with Gasteiger partial charge in [0, 0.05) is 13.1 Å². The van der Waals surface area contributed by atoms with Crippen LogP contribution in [0.25, 0.3) is 0 Å². The van der Waals surface area contributed by atoms with Gasteiger partial charge in [0.2, 0.25) is 5.91 Å². The highest BCUT2D eigenvalue weighted by Crippen LogP contribution is 2.42. The Balaban J connectivity index is 1.82. The van der Waals surface area contributed by atoms with Gasteiger partial charge >= 0.3 is 0 Å². The van der Waals surface area contributed by atoms with Gasteiger partial charge in [-0.25, -0.2) is 0 Å². The van der Waals surface area contributed by atoms with Crippen LogP contribution in [0, 0.1) is 0 Å². The summed E-state index contributed by atoms with van der Waals surface area (Å²) in [5.74, 6) is 0.620. The van der Waals surface area contributed by atoms with E-state index in [0.29, 0.717) is 28.9 Å². The molecule has 162 valence electrons. The molecule has 3 rings (SSSR count). The van der Waals surface area contributed by atoms with Crippen molar-refractivity contribution in [2.75, 3.05) is 26.5 Å². The average Bonchev–Trinajstić information content (AvgIpc) is 2.62. The van der Waals surface area contributed by atoms with Crippen molar-refractivity contribution in [1.29, 1.82) is 0 Å². The summed E-state index contributed by atoms with van der Waals surface area (Å²) in [6, 6.07) is 12.5. The van der Waals surface area contributed by atoms with Crippen LogP contribution in [0.15, 0.2) is 42.5 Å². The third-order valence-corrected chi connectivity index (χ3v) is 6.76. The second-order valence-corrected chi connectivity index (χ2v) is 9.92. The van der Waals surface area contributed by atoms with Gasteiger partial charge in [0.05, 0.1) is 41.4 Å². The number of halogens is 2. The minimum atomic E-state index is -3.68. The molecule has 0 aromatic heterocycles. The van der Waals surface area contributed by atoms with Crippen molar-refractivity contribution >= 4 is 39.2 Å². The third-order valence-electron chi connectivity index (χ3n) is 5.38. The van der Waals surface area contributed by atoms with E-state index >= 15 is 0 Å². The average molecular weight is 472 g/mol. The first-order chi connectivity index (χ1) is 14.0. The molecule has 1 saturated heterocycles. The summed E-state index contributed by atoms with van der Waals surface area (Å²) in [4.78, 5) is 14.5. The van der Waals surface area contributed by atoms with Crippen LogP contribution in [0.4, 0.5) is 0 Å². The summed E-state index contributed by atoms with van der Waals surface area (Å²) < 4.78 is 34.0. The highest BCUT2D eigenvalue weighted by Gasteiger charge is 2.51. The summed E-state index contributed by atoms with van der Waals surface area (Å²) >= 11 is 12.2. The minimum absolute atomic E-state index is 0.0644. The van der Waals surface area contributed by atoms with Crippen LogP contribution in [0.5, 0.6) is 5.75 Å². The van der Waals surface area contributed by atoms with Crippen LogP contribution in [0.1, 0.15) is 18.1 Å². The zero-order valence-corrected chi connectivity index (χ0v) is 19.2. The lowest BCUT2D eigenvalue weighted by Crippen LogP contribution is -2.66. The number of hydrogen-bond donors (Lipinski definition) is 0. The molecule has 0 N–H and O–H groups in total. The molecule has 1 unspecified atom stereocenters. The number of carbonyl (C=O) groups excluding carboxylic acids is 1. The Labute approximate surface area is 186 Å². The Morgan fingerprint density at radius 2 is 1.87 bits per heavy atom. The van der Waals surface area contributed by atoms with Gasteiger partial charge in [-0.05, 0) is 42.3 Å².